The van der Waals surface area contributed by atoms with Gasteiger partial charge in [0.1, 0.15) is 28.2 Å². The Morgan fingerprint density at radius 3 is 2.32 bits per heavy atom. The molecule has 0 aliphatic heterocycles. The predicted octanol–water partition coefficient (Wildman–Crippen LogP) is 5.02. The molecule has 1 heterocycles. The van der Waals surface area contributed by atoms with E-state index >= 15 is 0 Å². The Morgan fingerprint density at radius 2 is 1.76 bits per heavy atom. The smallest absolute Gasteiger partial charge is 0.162 e. The summed E-state index contributed by atoms with van der Waals surface area (Å²) in [4.78, 5) is 0. The molecule has 1 aromatic heterocycles. The van der Waals surface area contributed by atoms with Crippen molar-refractivity contribution in [3.05, 3.63) is 76.2 Å². The number of halogens is 2. The largest absolute Gasteiger partial charge is 0.497 e. The molecule has 0 saturated carbocycles. The fraction of sp³-hybridized carbons (Fsp3) is 0.111. The van der Waals surface area contributed by atoms with Crippen LogP contribution in [0.4, 0.5) is 9.39 Å². The Kier molecular flexibility index (Phi) is 5.17. The van der Waals surface area contributed by atoms with Gasteiger partial charge in [0.2, 0.25) is 0 Å². The quantitative estimate of drug-likeness (QED) is 0.682. The van der Waals surface area contributed by atoms with Gasteiger partial charge in [-0.05, 0) is 46.9 Å². The van der Waals surface area contributed by atoms with Crippen molar-refractivity contribution in [1.82, 2.24) is 4.37 Å². The summed E-state index contributed by atoms with van der Waals surface area (Å²) in [6, 6.07) is 15.5. The van der Waals surface area contributed by atoms with Gasteiger partial charge in [-0.3, -0.25) is 0 Å². The number of methoxy groups -OCH3 is 1. The number of rotatable bonds is 5. The van der Waals surface area contributed by atoms with E-state index in [1.165, 1.54) is 12.1 Å². The Morgan fingerprint density at radius 1 is 1.16 bits per heavy atom. The lowest BCUT2D eigenvalue weighted by atomic mass is 9.98. The van der Waals surface area contributed by atoms with Crippen LogP contribution in [0.5, 0.6) is 5.75 Å². The van der Waals surface area contributed by atoms with Crippen LogP contribution in [0.3, 0.4) is 0 Å². The van der Waals surface area contributed by atoms with Gasteiger partial charge in [0.05, 0.1) is 13.2 Å². The first kappa shape index (κ1) is 17.2. The average molecular weight is 374 g/mol. The van der Waals surface area contributed by atoms with Crippen molar-refractivity contribution in [2.24, 2.45) is 0 Å². The highest BCUT2D eigenvalue weighted by molar-refractivity contribution is 7.10. The number of anilines is 1. The first-order valence-corrected chi connectivity index (χ1v) is 8.48. The second-order valence-corrected chi connectivity index (χ2v) is 6.32. The van der Waals surface area contributed by atoms with Crippen molar-refractivity contribution < 1.29 is 9.13 Å². The van der Waals surface area contributed by atoms with Gasteiger partial charge in [-0.25, -0.2) is 4.39 Å². The number of hydrogen-bond acceptors (Lipinski definition) is 5. The zero-order valence-corrected chi connectivity index (χ0v) is 14.7. The second kappa shape index (κ2) is 7.51. The lowest BCUT2D eigenvalue weighted by Crippen LogP contribution is -2.12. The van der Waals surface area contributed by atoms with Gasteiger partial charge in [-0.15, -0.1) is 0 Å². The summed E-state index contributed by atoms with van der Waals surface area (Å²) in [5.41, 5.74) is 2.08. The zero-order chi connectivity index (χ0) is 17.8. The molecule has 0 aliphatic carbocycles. The molecule has 0 unspecified atom stereocenters. The van der Waals surface area contributed by atoms with E-state index in [0.717, 1.165) is 28.4 Å². The van der Waals surface area contributed by atoms with Gasteiger partial charge >= 0.3 is 0 Å². The summed E-state index contributed by atoms with van der Waals surface area (Å²) in [7, 11) is 1.60. The van der Waals surface area contributed by atoms with Gasteiger partial charge in [-0.2, -0.15) is 9.64 Å². The van der Waals surface area contributed by atoms with Crippen molar-refractivity contribution in [3.63, 3.8) is 0 Å². The van der Waals surface area contributed by atoms with Crippen LogP contribution in [-0.4, -0.2) is 11.5 Å². The van der Waals surface area contributed by atoms with Crippen LogP contribution in [0.1, 0.15) is 22.7 Å². The number of aromatic nitrogens is 1. The minimum atomic E-state index is -0.309. The van der Waals surface area contributed by atoms with Crippen molar-refractivity contribution >= 4 is 28.1 Å². The molecule has 0 saturated heterocycles. The molecule has 0 amide bonds. The third-order valence-corrected chi connectivity index (χ3v) is 4.84. The molecular weight excluding hydrogens is 361 g/mol. The summed E-state index contributed by atoms with van der Waals surface area (Å²) in [5.74, 6) is 0.427. The molecule has 3 aromatic rings. The molecule has 2 aromatic carbocycles. The number of nitriles is 1. The molecule has 7 heteroatoms. The Balaban J connectivity index is 2.01. The maximum atomic E-state index is 13.3. The van der Waals surface area contributed by atoms with Gasteiger partial charge in [0.25, 0.3) is 0 Å². The summed E-state index contributed by atoms with van der Waals surface area (Å²) in [6.07, 6.45) is 0. The van der Waals surface area contributed by atoms with Crippen LogP contribution in [-0.2, 0) is 0 Å². The minimum Gasteiger partial charge on any atom is -0.497 e. The summed E-state index contributed by atoms with van der Waals surface area (Å²) < 4.78 is 22.5. The highest BCUT2D eigenvalue weighted by Gasteiger charge is 2.19. The van der Waals surface area contributed by atoms with Gasteiger partial charge in [0, 0.05) is 0 Å². The molecule has 0 fully saturated rings. The second-order valence-electron chi connectivity index (χ2n) is 5.19. The van der Waals surface area contributed by atoms with Crippen LogP contribution >= 0.6 is 23.1 Å². The molecule has 0 aliphatic rings. The van der Waals surface area contributed by atoms with Crippen LogP contribution in [0.15, 0.2) is 48.5 Å². The Bertz CT molecular complexity index is 904. The summed E-state index contributed by atoms with van der Waals surface area (Å²) in [6.45, 7) is 0. The summed E-state index contributed by atoms with van der Waals surface area (Å²) in [5, 5.41) is 13.3. The number of nitrogens with zero attached hydrogens (tertiary/aromatic N) is 2. The molecule has 1 N–H and O–H groups in total. The van der Waals surface area contributed by atoms with E-state index in [-0.39, 0.29) is 17.0 Å². The monoisotopic (exact) mass is 373 g/mol. The lowest BCUT2D eigenvalue weighted by Gasteiger charge is -2.20. The van der Waals surface area contributed by atoms with Crippen LogP contribution in [0.25, 0.3) is 0 Å². The van der Waals surface area contributed by atoms with E-state index in [2.05, 4.69) is 15.8 Å². The maximum absolute atomic E-state index is 13.3. The average Bonchev–Trinajstić information content (AvgIpc) is 3.00. The minimum absolute atomic E-state index is 0.169. The molecular formula is C18H13ClFN3OS. The maximum Gasteiger partial charge on any atom is 0.162 e. The standard InChI is InChI=1S/C18H13ClFN3OS/c1-24-14-8-4-12(5-9-14)16(11-2-6-13(20)7-3-11)22-18-15(10-21)17(19)23-25-18/h2-9,16,22H,1H3/t16-/m1/s1. The van der Waals surface area contributed by atoms with E-state index < -0.39 is 0 Å². The molecule has 1 atom stereocenters. The van der Waals surface area contributed by atoms with E-state index in [1.54, 1.807) is 19.2 Å². The summed E-state index contributed by atoms with van der Waals surface area (Å²) >= 11 is 7.07. The third kappa shape index (κ3) is 3.73. The predicted molar refractivity (Wildman–Crippen MR) is 96.7 cm³/mol. The zero-order valence-electron chi connectivity index (χ0n) is 13.2. The molecule has 25 heavy (non-hydrogen) atoms. The molecule has 0 spiro atoms. The fourth-order valence-corrected chi connectivity index (χ4v) is 3.37. The van der Waals surface area contributed by atoms with Crippen molar-refractivity contribution in [3.8, 4) is 11.8 Å². The van der Waals surface area contributed by atoms with E-state index in [0.29, 0.717) is 10.6 Å². The van der Waals surface area contributed by atoms with Gasteiger partial charge in [-0.1, -0.05) is 35.9 Å². The van der Waals surface area contributed by atoms with Crippen molar-refractivity contribution in [2.45, 2.75) is 6.04 Å². The molecule has 0 bridgehead atoms. The van der Waals surface area contributed by atoms with Gasteiger partial charge < -0.3 is 10.1 Å². The normalized spacial score (nSPS) is 11.6. The SMILES string of the molecule is COc1ccc([C@H](Nc2snc(Cl)c2C#N)c2ccc(F)cc2)cc1. The van der Waals surface area contributed by atoms with E-state index in [1.807, 2.05) is 24.3 Å². The lowest BCUT2D eigenvalue weighted by molar-refractivity contribution is 0.414. The first-order valence-electron chi connectivity index (χ1n) is 7.33. The third-order valence-electron chi connectivity index (χ3n) is 3.69. The topological polar surface area (TPSA) is 57.9 Å². The van der Waals surface area contributed by atoms with Crippen LogP contribution in [0.2, 0.25) is 5.15 Å². The van der Waals surface area contributed by atoms with E-state index in [4.69, 9.17) is 16.3 Å². The Labute approximate surface area is 153 Å². The van der Waals surface area contributed by atoms with E-state index in [9.17, 15) is 9.65 Å². The highest BCUT2D eigenvalue weighted by Crippen LogP contribution is 2.34. The molecule has 0 radical (unpaired) electrons. The number of hydrogen-bond donors (Lipinski definition) is 1. The van der Waals surface area contributed by atoms with Crippen LogP contribution in [0, 0.1) is 17.1 Å². The molecule has 126 valence electrons. The Hall–Kier alpha value is -2.62. The number of nitrogens with one attached hydrogen (secondary N) is 1. The van der Waals surface area contributed by atoms with Crippen molar-refractivity contribution in [2.75, 3.05) is 12.4 Å². The molecule has 3 rings (SSSR count). The highest BCUT2D eigenvalue weighted by atomic mass is 35.5. The number of ether oxygens (including phenoxy) is 1. The van der Waals surface area contributed by atoms with Crippen LogP contribution < -0.4 is 10.1 Å². The number of benzene rings is 2. The first-order chi connectivity index (χ1) is 12.1. The fourth-order valence-electron chi connectivity index (χ4n) is 2.41. The van der Waals surface area contributed by atoms with Crippen molar-refractivity contribution in [1.29, 1.82) is 5.26 Å². The molecule has 4 nitrogen and oxygen atoms in total. The van der Waals surface area contributed by atoms with Gasteiger partial charge in [0.15, 0.2) is 5.15 Å².